The third kappa shape index (κ3) is 2.29. The Morgan fingerprint density at radius 1 is 1.21 bits per heavy atom. The Hall–Kier alpha value is -2.00. The van der Waals surface area contributed by atoms with E-state index in [1.54, 1.807) is 13.2 Å². The average molecular weight is 256 g/mol. The van der Waals surface area contributed by atoms with E-state index >= 15 is 0 Å². The summed E-state index contributed by atoms with van der Waals surface area (Å²) in [5, 5.41) is 9.57. The van der Waals surface area contributed by atoms with Gasteiger partial charge in [-0.2, -0.15) is 0 Å². The first kappa shape index (κ1) is 12.1. The smallest absolute Gasteiger partial charge is 0.119 e. The van der Waals surface area contributed by atoms with Crippen molar-refractivity contribution in [2.45, 2.75) is 12.5 Å². The molecule has 3 nitrogen and oxygen atoms in total. The number of hydrogen-bond acceptors (Lipinski definition) is 3. The highest BCUT2D eigenvalue weighted by Crippen LogP contribution is 2.35. The SMILES string of the molecule is COc1cccc([C@@H]2OCCc3cc(O)ccc32)c1. The van der Waals surface area contributed by atoms with Gasteiger partial charge in [0.2, 0.25) is 0 Å². The summed E-state index contributed by atoms with van der Waals surface area (Å²) in [6, 6.07) is 13.4. The van der Waals surface area contributed by atoms with Crippen LogP contribution in [0.3, 0.4) is 0 Å². The molecule has 3 rings (SSSR count). The first-order chi connectivity index (χ1) is 9.28. The summed E-state index contributed by atoms with van der Waals surface area (Å²) < 4.78 is 11.1. The van der Waals surface area contributed by atoms with E-state index in [0.717, 1.165) is 28.9 Å². The van der Waals surface area contributed by atoms with Crippen LogP contribution < -0.4 is 4.74 Å². The van der Waals surface area contributed by atoms with E-state index in [1.807, 2.05) is 36.4 Å². The van der Waals surface area contributed by atoms with Crippen molar-refractivity contribution >= 4 is 0 Å². The molecule has 0 bridgehead atoms. The van der Waals surface area contributed by atoms with Gasteiger partial charge >= 0.3 is 0 Å². The number of phenols is 1. The summed E-state index contributed by atoms with van der Waals surface area (Å²) in [4.78, 5) is 0. The van der Waals surface area contributed by atoms with E-state index in [-0.39, 0.29) is 6.10 Å². The van der Waals surface area contributed by atoms with Crippen LogP contribution in [0.25, 0.3) is 0 Å². The minimum atomic E-state index is -0.0838. The van der Waals surface area contributed by atoms with Crippen LogP contribution in [0.1, 0.15) is 22.8 Å². The number of fused-ring (bicyclic) bond motifs is 1. The van der Waals surface area contributed by atoms with Crippen LogP contribution in [-0.4, -0.2) is 18.8 Å². The van der Waals surface area contributed by atoms with Gasteiger partial charge in [-0.3, -0.25) is 0 Å². The fraction of sp³-hybridized carbons (Fsp3) is 0.250. The summed E-state index contributed by atoms with van der Waals surface area (Å²) in [7, 11) is 1.66. The Labute approximate surface area is 112 Å². The molecule has 1 N–H and O–H groups in total. The minimum Gasteiger partial charge on any atom is -0.508 e. The maximum absolute atomic E-state index is 9.57. The van der Waals surface area contributed by atoms with Crippen LogP contribution in [0, 0.1) is 0 Å². The number of rotatable bonds is 2. The lowest BCUT2D eigenvalue weighted by Crippen LogP contribution is -2.17. The zero-order valence-corrected chi connectivity index (χ0v) is 10.8. The number of methoxy groups -OCH3 is 1. The van der Waals surface area contributed by atoms with Gasteiger partial charge in [0.15, 0.2) is 0 Å². The lowest BCUT2D eigenvalue weighted by atomic mass is 9.93. The highest BCUT2D eigenvalue weighted by atomic mass is 16.5. The monoisotopic (exact) mass is 256 g/mol. The molecule has 3 heteroatoms. The van der Waals surface area contributed by atoms with Crippen molar-refractivity contribution in [3.8, 4) is 11.5 Å². The Bertz CT molecular complexity index is 592. The summed E-state index contributed by atoms with van der Waals surface area (Å²) in [6.07, 6.45) is 0.754. The fourth-order valence-electron chi connectivity index (χ4n) is 2.52. The second-order valence-corrected chi connectivity index (χ2v) is 4.66. The summed E-state index contributed by atoms with van der Waals surface area (Å²) >= 11 is 0. The highest BCUT2D eigenvalue weighted by Gasteiger charge is 2.23. The second-order valence-electron chi connectivity index (χ2n) is 4.66. The molecule has 1 heterocycles. The Balaban J connectivity index is 2.03. The van der Waals surface area contributed by atoms with E-state index in [4.69, 9.17) is 9.47 Å². The van der Waals surface area contributed by atoms with Gasteiger partial charge in [0, 0.05) is 0 Å². The summed E-state index contributed by atoms with van der Waals surface area (Å²) in [5.74, 6) is 1.14. The van der Waals surface area contributed by atoms with Gasteiger partial charge in [-0.15, -0.1) is 0 Å². The standard InChI is InChI=1S/C16H16O3/c1-18-14-4-2-3-12(10-14)16-15-6-5-13(17)9-11(15)7-8-19-16/h2-6,9-10,16-17H,7-8H2,1H3/t16-/m0/s1. The molecule has 2 aromatic carbocycles. The van der Waals surface area contributed by atoms with Gasteiger partial charge in [0.05, 0.1) is 13.7 Å². The highest BCUT2D eigenvalue weighted by molar-refractivity contribution is 5.43. The molecule has 2 aromatic rings. The van der Waals surface area contributed by atoms with Crippen molar-refractivity contribution in [2.24, 2.45) is 0 Å². The van der Waals surface area contributed by atoms with E-state index in [2.05, 4.69) is 0 Å². The number of ether oxygens (including phenoxy) is 2. The van der Waals surface area contributed by atoms with Gasteiger partial charge < -0.3 is 14.6 Å². The van der Waals surface area contributed by atoms with Gasteiger partial charge in [0.25, 0.3) is 0 Å². The zero-order valence-electron chi connectivity index (χ0n) is 10.8. The van der Waals surface area contributed by atoms with Crippen LogP contribution in [-0.2, 0) is 11.2 Å². The predicted molar refractivity (Wildman–Crippen MR) is 72.6 cm³/mol. The van der Waals surface area contributed by atoms with Crippen molar-refractivity contribution in [2.75, 3.05) is 13.7 Å². The summed E-state index contributed by atoms with van der Waals surface area (Å²) in [6.45, 7) is 0.665. The molecule has 0 aromatic heterocycles. The molecule has 0 unspecified atom stereocenters. The average Bonchev–Trinajstić information content (AvgIpc) is 2.46. The van der Waals surface area contributed by atoms with Crippen molar-refractivity contribution in [3.63, 3.8) is 0 Å². The molecule has 0 fully saturated rings. The molecular formula is C16H16O3. The Morgan fingerprint density at radius 2 is 2.11 bits per heavy atom. The number of phenolic OH excluding ortho intramolecular Hbond substituents is 1. The van der Waals surface area contributed by atoms with Crippen LogP contribution in [0.4, 0.5) is 0 Å². The third-order valence-corrected chi connectivity index (χ3v) is 3.46. The molecule has 0 amide bonds. The number of aromatic hydroxyl groups is 1. The maximum atomic E-state index is 9.57. The molecule has 0 radical (unpaired) electrons. The van der Waals surface area contributed by atoms with Gasteiger partial charge in [-0.1, -0.05) is 18.2 Å². The normalized spacial score (nSPS) is 17.8. The second kappa shape index (κ2) is 4.94. The van der Waals surface area contributed by atoms with E-state index in [1.165, 1.54) is 0 Å². The largest absolute Gasteiger partial charge is 0.508 e. The van der Waals surface area contributed by atoms with E-state index in [9.17, 15) is 5.11 Å². The number of benzene rings is 2. The van der Waals surface area contributed by atoms with Crippen LogP contribution in [0.2, 0.25) is 0 Å². The molecular weight excluding hydrogens is 240 g/mol. The summed E-state index contributed by atoms with van der Waals surface area (Å²) in [5.41, 5.74) is 3.35. The molecule has 98 valence electrons. The van der Waals surface area contributed by atoms with E-state index in [0.29, 0.717) is 12.4 Å². The molecule has 1 aliphatic heterocycles. The molecule has 19 heavy (non-hydrogen) atoms. The van der Waals surface area contributed by atoms with Gasteiger partial charge in [0.1, 0.15) is 17.6 Å². The molecule has 1 aliphatic rings. The van der Waals surface area contributed by atoms with E-state index < -0.39 is 0 Å². The quantitative estimate of drug-likeness (QED) is 0.897. The lowest BCUT2D eigenvalue weighted by molar-refractivity contribution is 0.0696. The third-order valence-electron chi connectivity index (χ3n) is 3.46. The van der Waals surface area contributed by atoms with Gasteiger partial charge in [-0.25, -0.2) is 0 Å². The van der Waals surface area contributed by atoms with Gasteiger partial charge in [-0.05, 0) is 47.4 Å². The molecule has 0 saturated carbocycles. The van der Waals surface area contributed by atoms with Crippen LogP contribution in [0.15, 0.2) is 42.5 Å². The molecule has 0 spiro atoms. The van der Waals surface area contributed by atoms with Crippen LogP contribution in [0.5, 0.6) is 11.5 Å². The van der Waals surface area contributed by atoms with Crippen molar-refractivity contribution in [1.29, 1.82) is 0 Å². The fourth-order valence-corrected chi connectivity index (χ4v) is 2.52. The Morgan fingerprint density at radius 3 is 2.95 bits per heavy atom. The zero-order chi connectivity index (χ0) is 13.2. The van der Waals surface area contributed by atoms with Crippen molar-refractivity contribution in [3.05, 3.63) is 59.2 Å². The molecule has 0 aliphatic carbocycles. The van der Waals surface area contributed by atoms with Crippen molar-refractivity contribution in [1.82, 2.24) is 0 Å². The topological polar surface area (TPSA) is 38.7 Å². The maximum Gasteiger partial charge on any atom is 0.119 e. The lowest BCUT2D eigenvalue weighted by Gasteiger charge is -2.26. The molecule has 0 saturated heterocycles. The molecule has 1 atom stereocenters. The van der Waals surface area contributed by atoms with Crippen molar-refractivity contribution < 1.29 is 14.6 Å². The Kier molecular flexibility index (Phi) is 3.13. The minimum absolute atomic E-state index is 0.0838. The first-order valence-corrected chi connectivity index (χ1v) is 6.35. The number of hydrogen-bond donors (Lipinski definition) is 1. The first-order valence-electron chi connectivity index (χ1n) is 6.35. The predicted octanol–water partition coefficient (Wildman–Crippen LogP) is 3.06. The van der Waals surface area contributed by atoms with Crippen LogP contribution >= 0.6 is 0 Å².